The maximum absolute atomic E-state index is 13.1. The minimum absolute atomic E-state index is 0.0357. The molecule has 1 aromatic heterocycles. The fourth-order valence-electron chi connectivity index (χ4n) is 4.18. The van der Waals surface area contributed by atoms with Crippen molar-refractivity contribution in [1.29, 1.82) is 0 Å². The van der Waals surface area contributed by atoms with Gasteiger partial charge in [-0.25, -0.2) is 0 Å². The zero-order chi connectivity index (χ0) is 25.0. The van der Waals surface area contributed by atoms with Crippen molar-refractivity contribution in [2.75, 3.05) is 0 Å². The molecule has 11 heteroatoms. The molecule has 2 heterocycles. The Hall–Kier alpha value is -5.06. The topological polar surface area (TPSA) is 181 Å². The van der Waals surface area contributed by atoms with Gasteiger partial charge in [0.05, 0.1) is 11.3 Å². The van der Waals surface area contributed by atoms with E-state index in [0.717, 1.165) is 18.2 Å². The molecule has 4 N–H and O–H groups in total. The van der Waals surface area contributed by atoms with E-state index in [4.69, 9.17) is 9.15 Å². The number of nitrogens with zero attached hydrogens (tertiary/aromatic N) is 1. The molecular formula is C24H15NO10. The highest BCUT2D eigenvalue weighted by Gasteiger charge is 2.35. The molecule has 1 aliphatic heterocycles. The number of fused-ring (bicyclic) bond motifs is 3. The van der Waals surface area contributed by atoms with Crippen LogP contribution in [0, 0.1) is 10.1 Å². The van der Waals surface area contributed by atoms with Crippen LogP contribution in [0.2, 0.25) is 0 Å². The normalized spacial score (nSPS) is 15.0. The van der Waals surface area contributed by atoms with Crippen molar-refractivity contribution in [2.45, 2.75) is 12.3 Å². The van der Waals surface area contributed by atoms with Gasteiger partial charge in [-0.05, 0) is 23.8 Å². The van der Waals surface area contributed by atoms with Crippen molar-refractivity contribution in [1.82, 2.24) is 0 Å². The van der Waals surface area contributed by atoms with E-state index < -0.39 is 45.2 Å². The van der Waals surface area contributed by atoms with Crippen LogP contribution in [0.3, 0.4) is 0 Å². The molecule has 0 unspecified atom stereocenters. The van der Waals surface area contributed by atoms with Gasteiger partial charge in [-0.15, -0.1) is 0 Å². The van der Waals surface area contributed by atoms with E-state index in [0.29, 0.717) is 5.56 Å². The number of nitro groups is 1. The van der Waals surface area contributed by atoms with E-state index in [-0.39, 0.29) is 45.7 Å². The third-order valence-corrected chi connectivity index (χ3v) is 5.79. The van der Waals surface area contributed by atoms with Gasteiger partial charge in [0.2, 0.25) is 11.2 Å². The van der Waals surface area contributed by atoms with Gasteiger partial charge < -0.3 is 29.6 Å². The number of phenolic OH excluding ortho intramolecular Hbond substituents is 3. The van der Waals surface area contributed by atoms with Crippen LogP contribution in [0.25, 0.3) is 22.3 Å². The third-order valence-electron chi connectivity index (χ3n) is 5.79. The zero-order valence-electron chi connectivity index (χ0n) is 17.6. The van der Waals surface area contributed by atoms with Crippen LogP contribution >= 0.6 is 0 Å². The third kappa shape index (κ3) is 3.46. The summed E-state index contributed by atoms with van der Waals surface area (Å²) in [5.41, 5.74) is -0.861. The summed E-state index contributed by atoms with van der Waals surface area (Å²) < 4.78 is 11.1. The molecule has 0 bridgehead atoms. The van der Waals surface area contributed by atoms with Crippen molar-refractivity contribution in [3.05, 3.63) is 80.0 Å². The number of ether oxygens (including phenoxy) is 1. The second kappa shape index (κ2) is 7.76. The summed E-state index contributed by atoms with van der Waals surface area (Å²) in [7, 11) is 0. The Morgan fingerprint density at radius 1 is 0.943 bits per heavy atom. The van der Waals surface area contributed by atoms with Crippen molar-refractivity contribution in [2.24, 2.45) is 0 Å². The molecule has 176 valence electrons. The Bertz CT molecular complexity index is 1620. The number of non-ortho nitro benzene ring substituents is 1. The molecule has 0 saturated heterocycles. The quantitative estimate of drug-likeness (QED) is 0.112. The number of nitro benzene ring substituents is 1. The van der Waals surface area contributed by atoms with E-state index in [1.165, 1.54) is 24.3 Å². The lowest BCUT2D eigenvalue weighted by Gasteiger charge is -2.26. The van der Waals surface area contributed by atoms with Crippen LogP contribution in [0.5, 0.6) is 28.7 Å². The summed E-state index contributed by atoms with van der Waals surface area (Å²) >= 11 is 0. The van der Waals surface area contributed by atoms with Gasteiger partial charge >= 0.3 is 5.97 Å². The number of benzene rings is 3. The van der Waals surface area contributed by atoms with Gasteiger partial charge in [-0.2, -0.15) is 0 Å². The molecule has 11 nitrogen and oxygen atoms in total. The van der Waals surface area contributed by atoms with Gasteiger partial charge in [0, 0.05) is 35.2 Å². The number of rotatable bonds is 3. The van der Waals surface area contributed by atoms with Gasteiger partial charge in [0.15, 0.2) is 17.3 Å². The molecule has 1 aliphatic rings. The van der Waals surface area contributed by atoms with Gasteiger partial charge in [-0.3, -0.25) is 19.7 Å². The molecule has 1 atom stereocenters. The summed E-state index contributed by atoms with van der Waals surface area (Å²) in [5, 5.41) is 51.4. The fourth-order valence-corrected chi connectivity index (χ4v) is 4.18. The highest BCUT2D eigenvalue weighted by Crippen LogP contribution is 2.47. The predicted molar refractivity (Wildman–Crippen MR) is 120 cm³/mol. The van der Waals surface area contributed by atoms with Crippen molar-refractivity contribution < 1.29 is 39.3 Å². The lowest BCUT2D eigenvalue weighted by molar-refractivity contribution is -0.384. The first-order chi connectivity index (χ1) is 16.7. The first-order valence-electron chi connectivity index (χ1n) is 10.2. The molecule has 3 aromatic carbocycles. The second-order valence-corrected chi connectivity index (χ2v) is 7.91. The zero-order valence-corrected chi connectivity index (χ0v) is 17.6. The highest BCUT2D eigenvalue weighted by atomic mass is 16.6. The lowest BCUT2D eigenvalue weighted by Crippen LogP contribution is -2.22. The molecule has 0 amide bonds. The number of phenols is 3. The predicted octanol–water partition coefficient (Wildman–Crippen LogP) is 3.63. The number of carbonyl (C=O) groups excluding carboxylic acids is 1. The Kier molecular flexibility index (Phi) is 4.83. The summed E-state index contributed by atoms with van der Waals surface area (Å²) in [6.07, 6.45) is -0.242. The van der Waals surface area contributed by atoms with E-state index in [1.807, 2.05) is 0 Å². The molecule has 5 rings (SSSR count). The molecule has 35 heavy (non-hydrogen) atoms. The molecule has 0 spiro atoms. The molecule has 4 aromatic rings. The number of hydrogen-bond acceptors (Lipinski definition) is 10. The van der Waals surface area contributed by atoms with Crippen LogP contribution < -0.4 is 10.2 Å². The number of aromatic hydroxyl groups is 4. The number of hydrogen-bond donors (Lipinski definition) is 4. The molecule has 0 saturated carbocycles. The van der Waals surface area contributed by atoms with Gasteiger partial charge in [0.1, 0.15) is 22.5 Å². The monoisotopic (exact) mass is 477 g/mol. The highest BCUT2D eigenvalue weighted by molar-refractivity contribution is 5.94. The smallest absolute Gasteiger partial charge is 0.312 e. The summed E-state index contributed by atoms with van der Waals surface area (Å²) in [6, 6.07) is 10.1. The Morgan fingerprint density at radius 2 is 1.71 bits per heavy atom. The first kappa shape index (κ1) is 21.8. The van der Waals surface area contributed by atoms with E-state index in [1.54, 1.807) is 6.07 Å². The van der Waals surface area contributed by atoms with E-state index >= 15 is 0 Å². The van der Waals surface area contributed by atoms with E-state index in [2.05, 4.69) is 0 Å². The Balaban J connectivity index is 1.84. The Morgan fingerprint density at radius 3 is 2.43 bits per heavy atom. The summed E-state index contributed by atoms with van der Waals surface area (Å²) in [5.74, 6) is -4.46. The van der Waals surface area contributed by atoms with Crippen LogP contribution in [-0.4, -0.2) is 31.3 Å². The molecule has 0 fully saturated rings. The lowest BCUT2D eigenvalue weighted by atomic mass is 9.85. The average Bonchev–Trinajstić information content (AvgIpc) is 2.82. The van der Waals surface area contributed by atoms with Crippen LogP contribution in [0.4, 0.5) is 5.69 Å². The van der Waals surface area contributed by atoms with E-state index in [9.17, 15) is 40.1 Å². The van der Waals surface area contributed by atoms with Crippen LogP contribution in [0.1, 0.15) is 23.5 Å². The standard InChI is InChI=1S/C24H15NO10/c26-14-5-4-11(7-15(14)27)23-22(31)21(30)20-16(28)9-17-19(24(20)35-23)13(8-18(29)34-17)10-2-1-3-12(6-10)25(32)33/h1-7,9,13,26-28,31H,8H2/t13-/m1/s1. The van der Waals surface area contributed by atoms with Gasteiger partial charge in [-0.1, -0.05) is 12.1 Å². The second-order valence-electron chi connectivity index (χ2n) is 7.91. The summed E-state index contributed by atoms with van der Waals surface area (Å²) in [4.78, 5) is 36.1. The minimum Gasteiger partial charge on any atom is -0.507 e. The fraction of sp³-hybridized carbons (Fsp3) is 0.0833. The molecule has 0 aliphatic carbocycles. The first-order valence-corrected chi connectivity index (χ1v) is 10.2. The molecule has 0 radical (unpaired) electrons. The van der Waals surface area contributed by atoms with Crippen molar-refractivity contribution >= 4 is 22.6 Å². The minimum atomic E-state index is -0.996. The molecular weight excluding hydrogens is 462 g/mol. The summed E-state index contributed by atoms with van der Waals surface area (Å²) in [6.45, 7) is 0. The SMILES string of the molecule is O=C1C[C@H](c2cccc([N+](=O)[O-])c2)c2c(cc(O)c3c(=O)c(O)c(-c4ccc(O)c(O)c4)oc23)O1. The van der Waals surface area contributed by atoms with Crippen LogP contribution in [-0.2, 0) is 4.79 Å². The van der Waals surface area contributed by atoms with Crippen molar-refractivity contribution in [3.8, 4) is 40.1 Å². The number of esters is 1. The maximum atomic E-state index is 13.1. The average molecular weight is 477 g/mol. The number of carbonyl (C=O) groups is 1. The van der Waals surface area contributed by atoms with Crippen molar-refractivity contribution in [3.63, 3.8) is 0 Å². The van der Waals surface area contributed by atoms with Crippen LogP contribution in [0.15, 0.2) is 57.7 Å². The maximum Gasteiger partial charge on any atom is 0.312 e. The Labute approximate surface area is 194 Å². The largest absolute Gasteiger partial charge is 0.507 e. The van der Waals surface area contributed by atoms with Gasteiger partial charge in [0.25, 0.3) is 5.69 Å².